The highest BCUT2D eigenvalue weighted by Gasteiger charge is 2.32. The monoisotopic (exact) mass is 476 g/mol. The first-order valence-corrected chi connectivity index (χ1v) is 12.8. The summed E-state index contributed by atoms with van der Waals surface area (Å²) < 4.78 is 0. The van der Waals surface area contributed by atoms with Gasteiger partial charge in [-0.15, -0.1) is 0 Å². The van der Waals surface area contributed by atoms with Gasteiger partial charge in [0.1, 0.15) is 5.82 Å². The van der Waals surface area contributed by atoms with E-state index in [2.05, 4.69) is 30.9 Å². The number of hydrogen-bond donors (Lipinski definition) is 0. The van der Waals surface area contributed by atoms with E-state index in [-0.39, 0.29) is 11.8 Å². The van der Waals surface area contributed by atoms with Crippen molar-refractivity contribution >= 4 is 11.7 Å². The van der Waals surface area contributed by atoms with Crippen LogP contribution in [-0.2, 0) is 17.8 Å². The smallest absolute Gasteiger partial charge is 0.234 e. The molecule has 1 amide bonds. The maximum atomic E-state index is 14.1. The Bertz CT molecular complexity index is 1270. The van der Waals surface area contributed by atoms with Crippen molar-refractivity contribution in [3.05, 3.63) is 113 Å². The number of nitrogens with zero attached hydrogens (tertiary/aromatic N) is 4. The standard InChI is InChI=1S/C31H32N4O/c1-3-34(4-2)30-26-22-35(21-20-27(26)32-29(33-30)25-18-12-7-13-19-25)31(36)28(23-14-8-5-9-15-23)24-16-10-6-11-17-24/h5-19,28H,3-4,20-22H2,1-2H3. The van der Waals surface area contributed by atoms with Crippen molar-refractivity contribution in [1.29, 1.82) is 0 Å². The minimum atomic E-state index is -0.338. The molecule has 0 radical (unpaired) electrons. The van der Waals surface area contributed by atoms with Crippen LogP contribution in [0.2, 0.25) is 0 Å². The molecule has 1 aliphatic heterocycles. The normalized spacial score (nSPS) is 12.9. The van der Waals surface area contributed by atoms with Gasteiger partial charge in [0, 0.05) is 37.2 Å². The summed E-state index contributed by atoms with van der Waals surface area (Å²) in [5.41, 5.74) is 5.15. The molecule has 2 heterocycles. The number of benzene rings is 3. The average molecular weight is 477 g/mol. The predicted octanol–water partition coefficient (Wildman–Crippen LogP) is 5.71. The van der Waals surface area contributed by atoms with Crippen LogP contribution in [0.1, 0.15) is 42.1 Å². The Balaban J connectivity index is 1.53. The van der Waals surface area contributed by atoms with Crippen molar-refractivity contribution < 1.29 is 4.79 Å². The topological polar surface area (TPSA) is 49.3 Å². The lowest BCUT2D eigenvalue weighted by atomic mass is 9.89. The van der Waals surface area contributed by atoms with Crippen LogP contribution in [0.15, 0.2) is 91.0 Å². The van der Waals surface area contributed by atoms with Crippen LogP contribution in [-0.4, -0.2) is 40.4 Å². The van der Waals surface area contributed by atoms with Gasteiger partial charge in [-0.3, -0.25) is 4.79 Å². The highest BCUT2D eigenvalue weighted by atomic mass is 16.2. The van der Waals surface area contributed by atoms with E-state index < -0.39 is 0 Å². The van der Waals surface area contributed by atoms with Crippen LogP contribution in [0.25, 0.3) is 11.4 Å². The molecule has 0 saturated heterocycles. The first-order chi connectivity index (χ1) is 17.7. The first-order valence-electron chi connectivity index (χ1n) is 12.8. The molecule has 0 fully saturated rings. The number of fused-ring (bicyclic) bond motifs is 1. The second-order valence-electron chi connectivity index (χ2n) is 9.10. The molecule has 1 aliphatic rings. The zero-order valence-corrected chi connectivity index (χ0v) is 21.0. The molecule has 0 aliphatic carbocycles. The van der Waals surface area contributed by atoms with Crippen LogP contribution < -0.4 is 4.90 Å². The van der Waals surface area contributed by atoms with Crippen LogP contribution in [0, 0.1) is 0 Å². The van der Waals surface area contributed by atoms with Gasteiger partial charge >= 0.3 is 0 Å². The Morgan fingerprint density at radius 3 is 1.94 bits per heavy atom. The molecular formula is C31H32N4O. The molecule has 182 valence electrons. The Kier molecular flexibility index (Phi) is 7.08. The first kappa shape index (κ1) is 23.7. The van der Waals surface area contributed by atoms with Gasteiger partial charge in [0.2, 0.25) is 5.91 Å². The maximum Gasteiger partial charge on any atom is 0.234 e. The summed E-state index contributed by atoms with van der Waals surface area (Å²) in [7, 11) is 0. The van der Waals surface area contributed by atoms with Gasteiger partial charge in [0.05, 0.1) is 18.2 Å². The molecule has 0 bridgehead atoms. The second kappa shape index (κ2) is 10.7. The fourth-order valence-corrected chi connectivity index (χ4v) is 5.04. The fraction of sp³-hybridized carbons (Fsp3) is 0.258. The van der Waals surface area contributed by atoms with Gasteiger partial charge in [-0.05, 0) is 25.0 Å². The van der Waals surface area contributed by atoms with E-state index >= 15 is 0 Å². The molecule has 0 N–H and O–H groups in total. The fourth-order valence-electron chi connectivity index (χ4n) is 5.04. The van der Waals surface area contributed by atoms with Crippen molar-refractivity contribution in [2.45, 2.75) is 32.7 Å². The van der Waals surface area contributed by atoms with Crippen LogP contribution in [0.5, 0.6) is 0 Å². The molecule has 3 aromatic carbocycles. The quantitative estimate of drug-likeness (QED) is 0.343. The van der Waals surface area contributed by atoms with Gasteiger partial charge in [0.15, 0.2) is 5.82 Å². The van der Waals surface area contributed by atoms with Gasteiger partial charge in [-0.2, -0.15) is 0 Å². The number of carbonyl (C=O) groups excluding carboxylic acids is 1. The summed E-state index contributed by atoms with van der Waals surface area (Å²) in [6.45, 7) is 7.15. The summed E-state index contributed by atoms with van der Waals surface area (Å²) in [4.78, 5) is 28.4. The van der Waals surface area contributed by atoms with E-state index in [0.29, 0.717) is 19.5 Å². The summed E-state index contributed by atoms with van der Waals surface area (Å²) in [5, 5.41) is 0. The molecule has 0 atom stereocenters. The van der Waals surface area contributed by atoms with E-state index in [1.54, 1.807) is 0 Å². The molecule has 4 aromatic rings. The predicted molar refractivity (Wildman–Crippen MR) is 145 cm³/mol. The van der Waals surface area contributed by atoms with E-state index in [1.807, 2.05) is 83.8 Å². The Labute approximate surface area is 213 Å². The highest BCUT2D eigenvalue weighted by Crippen LogP contribution is 2.33. The van der Waals surface area contributed by atoms with Crippen LogP contribution in [0.3, 0.4) is 0 Å². The lowest BCUT2D eigenvalue weighted by Crippen LogP contribution is -2.41. The molecule has 5 nitrogen and oxygen atoms in total. The van der Waals surface area contributed by atoms with E-state index in [9.17, 15) is 4.79 Å². The summed E-state index contributed by atoms with van der Waals surface area (Å²) in [6, 6.07) is 30.3. The minimum Gasteiger partial charge on any atom is -0.357 e. The van der Waals surface area contributed by atoms with Crippen LogP contribution in [0.4, 0.5) is 5.82 Å². The molecular weight excluding hydrogens is 444 g/mol. The number of anilines is 1. The number of aromatic nitrogens is 2. The molecule has 1 aromatic heterocycles. The van der Waals surface area contributed by atoms with Crippen molar-refractivity contribution in [3.63, 3.8) is 0 Å². The SMILES string of the molecule is CCN(CC)c1nc(-c2ccccc2)nc2c1CN(C(=O)C(c1ccccc1)c1ccccc1)CC2. The summed E-state index contributed by atoms with van der Waals surface area (Å²) in [5.74, 6) is 1.48. The lowest BCUT2D eigenvalue weighted by Gasteiger charge is -2.34. The van der Waals surface area contributed by atoms with Gasteiger partial charge < -0.3 is 9.80 Å². The van der Waals surface area contributed by atoms with Gasteiger partial charge in [-0.1, -0.05) is 91.0 Å². The molecule has 5 heteroatoms. The zero-order valence-electron chi connectivity index (χ0n) is 21.0. The van der Waals surface area contributed by atoms with Crippen LogP contribution >= 0.6 is 0 Å². The molecule has 0 unspecified atom stereocenters. The van der Waals surface area contributed by atoms with Gasteiger partial charge in [0.25, 0.3) is 0 Å². The second-order valence-corrected chi connectivity index (χ2v) is 9.10. The van der Waals surface area contributed by atoms with Crippen molar-refractivity contribution in [1.82, 2.24) is 14.9 Å². The minimum absolute atomic E-state index is 0.121. The summed E-state index contributed by atoms with van der Waals surface area (Å²) >= 11 is 0. The third-order valence-electron chi connectivity index (χ3n) is 6.96. The Hall–Kier alpha value is -3.99. The Morgan fingerprint density at radius 2 is 1.39 bits per heavy atom. The molecule has 36 heavy (non-hydrogen) atoms. The molecule has 0 spiro atoms. The number of rotatable bonds is 7. The Morgan fingerprint density at radius 1 is 0.833 bits per heavy atom. The van der Waals surface area contributed by atoms with Crippen molar-refractivity contribution in [2.24, 2.45) is 0 Å². The van der Waals surface area contributed by atoms with Gasteiger partial charge in [-0.25, -0.2) is 9.97 Å². The molecule has 0 saturated carbocycles. The highest BCUT2D eigenvalue weighted by molar-refractivity contribution is 5.87. The van der Waals surface area contributed by atoms with Crippen molar-refractivity contribution in [2.75, 3.05) is 24.5 Å². The number of hydrogen-bond acceptors (Lipinski definition) is 4. The third kappa shape index (κ3) is 4.74. The largest absolute Gasteiger partial charge is 0.357 e. The molecule has 5 rings (SSSR count). The lowest BCUT2D eigenvalue weighted by molar-refractivity contribution is -0.132. The van der Waals surface area contributed by atoms with E-state index in [4.69, 9.17) is 9.97 Å². The van der Waals surface area contributed by atoms with Crippen molar-refractivity contribution in [3.8, 4) is 11.4 Å². The van der Waals surface area contributed by atoms with E-state index in [1.165, 1.54) is 0 Å². The summed E-state index contributed by atoms with van der Waals surface area (Å²) in [6.07, 6.45) is 0.716. The van der Waals surface area contributed by atoms with E-state index in [0.717, 1.165) is 52.7 Å². The maximum absolute atomic E-state index is 14.1. The average Bonchev–Trinajstić information content (AvgIpc) is 2.95. The number of carbonyl (C=O) groups is 1. The number of amides is 1. The third-order valence-corrected chi connectivity index (χ3v) is 6.96. The zero-order chi connectivity index (χ0) is 24.9.